The molecule has 0 bridgehead atoms. The summed E-state index contributed by atoms with van der Waals surface area (Å²) in [6.07, 6.45) is 3.66. The van der Waals surface area contributed by atoms with Crippen LogP contribution in [0.15, 0.2) is 24.3 Å². The summed E-state index contributed by atoms with van der Waals surface area (Å²) >= 11 is 0. The number of fused-ring (bicyclic) bond motifs is 1. The van der Waals surface area contributed by atoms with Gasteiger partial charge in [0.05, 0.1) is 5.52 Å². The third kappa shape index (κ3) is 3.60. The van der Waals surface area contributed by atoms with Crippen LogP contribution in [0, 0.1) is 5.92 Å². The fraction of sp³-hybridized carbons (Fsp3) is 0.625. The zero-order valence-corrected chi connectivity index (χ0v) is 12.7. The van der Waals surface area contributed by atoms with E-state index in [0.29, 0.717) is 0 Å². The molecule has 1 aromatic carbocycles. The van der Waals surface area contributed by atoms with Crippen LogP contribution in [0.5, 0.6) is 0 Å². The topological polar surface area (TPSA) is 43.2 Å². The smallest absolute Gasteiger partial charge is 0.113 e. The molecule has 0 radical (unpaired) electrons. The molecule has 1 aliphatic rings. The Bertz CT molecular complexity index is 560. The number of methoxy groups -OCH3 is 1. The van der Waals surface area contributed by atoms with E-state index >= 15 is 0 Å². The maximum atomic E-state index is 5.25. The van der Waals surface area contributed by atoms with E-state index in [1.807, 2.05) is 22.9 Å². The number of ether oxygens (including phenoxy) is 1. The van der Waals surface area contributed by atoms with Crippen LogP contribution in [0.25, 0.3) is 11.0 Å². The number of benzene rings is 1. The minimum Gasteiger partial charge on any atom is -0.384 e. The Morgan fingerprint density at radius 2 is 2.00 bits per heavy atom. The Balaban J connectivity index is 1.44. The molecule has 0 atom stereocenters. The molecule has 5 heteroatoms. The van der Waals surface area contributed by atoms with E-state index in [2.05, 4.69) is 21.3 Å². The molecule has 2 heterocycles. The highest BCUT2D eigenvalue weighted by Gasteiger charge is 2.18. The summed E-state index contributed by atoms with van der Waals surface area (Å²) in [5.74, 6) is 0.755. The standard InChI is InChI=1S/C16H24N4O/c1-21-13-14-7-11-19(12-8-14)9-4-10-20-16-6-3-2-5-15(16)17-18-20/h2-3,5-6,14H,4,7-13H2,1H3. The van der Waals surface area contributed by atoms with E-state index in [1.54, 1.807) is 7.11 Å². The van der Waals surface area contributed by atoms with Gasteiger partial charge in [-0.25, -0.2) is 4.68 Å². The van der Waals surface area contributed by atoms with Crippen LogP contribution < -0.4 is 0 Å². The number of piperidine rings is 1. The van der Waals surface area contributed by atoms with Crippen molar-refractivity contribution in [3.63, 3.8) is 0 Å². The van der Waals surface area contributed by atoms with Crippen molar-refractivity contribution in [2.75, 3.05) is 33.4 Å². The van der Waals surface area contributed by atoms with E-state index in [9.17, 15) is 0 Å². The number of hydrogen-bond acceptors (Lipinski definition) is 4. The van der Waals surface area contributed by atoms with Gasteiger partial charge in [-0.3, -0.25) is 0 Å². The lowest BCUT2D eigenvalue weighted by Crippen LogP contribution is -2.36. The first-order valence-corrected chi connectivity index (χ1v) is 7.86. The molecule has 0 aliphatic carbocycles. The molecule has 1 aliphatic heterocycles. The zero-order valence-electron chi connectivity index (χ0n) is 12.7. The first-order valence-electron chi connectivity index (χ1n) is 7.86. The molecule has 0 spiro atoms. The van der Waals surface area contributed by atoms with Crippen molar-refractivity contribution in [1.82, 2.24) is 19.9 Å². The van der Waals surface area contributed by atoms with Crippen LogP contribution >= 0.6 is 0 Å². The summed E-state index contributed by atoms with van der Waals surface area (Å²) in [5.41, 5.74) is 2.12. The SMILES string of the molecule is COCC1CCN(CCCn2nnc3ccccc32)CC1. The van der Waals surface area contributed by atoms with Crippen molar-refractivity contribution >= 4 is 11.0 Å². The molecule has 5 nitrogen and oxygen atoms in total. The number of hydrogen-bond donors (Lipinski definition) is 0. The van der Waals surface area contributed by atoms with Gasteiger partial charge < -0.3 is 9.64 Å². The fourth-order valence-electron chi connectivity index (χ4n) is 3.14. The lowest BCUT2D eigenvalue weighted by atomic mass is 9.98. The number of aromatic nitrogens is 3. The average Bonchev–Trinajstić information content (AvgIpc) is 2.93. The Morgan fingerprint density at radius 3 is 2.81 bits per heavy atom. The summed E-state index contributed by atoms with van der Waals surface area (Å²) in [4.78, 5) is 2.56. The normalized spacial score (nSPS) is 17.6. The van der Waals surface area contributed by atoms with E-state index in [4.69, 9.17) is 4.74 Å². The largest absolute Gasteiger partial charge is 0.384 e. The molecule has 21 heavy (non-hydrogen) atoms. The maximum Gasteiger partial charge on any atom is 0.113 e. The first kappa shape index (κ1) is 14.5. The zero-order chi connectivity index (χ0) is 14.5. The van der Waals surface area contributed by atoms with Gasteiger partial charge in [0, 0.05) is 20.3 Å². The van der Waals surface area contributed by atoms with E-state index in [0.717, 1.165) is 43.1 Å². The molecular formula is C16H24N4O. The van der Waals surface area contributed by atoms with Gasteiger partial charge in [-0.15, -0.1) is 5.10 Å². The molecule has 3 rings (SSSR count). The van der Waals surface area contributed by atoms with Gasteiger partial charge >= 0.3 is 0 Å². The average molecular weight is 288 g/mol. The predicted octanol–water partition coefficient (Wildman–Crippen LogP) is 2.18. The molecule has 1 fully saturated rings. The van der Waals surface area contributed by atoms with Gasteiger partial charge in [-0.2, -0.15) is 0 Å². The minimum atomic E-state index is 0.755. The summed E-state index contributed by atoms with van der Waals surface area (Å²) < 4.78 is 7.27. The number of rotatable bonds is 6. The molecular weight excluding hydrogens is 264 g/mol. The number of likely N-dealkylation sites (tertiary alicyclic amines) is 1. The molecule has 114 valence electrons. The van der Waals surface area contributed by atoms with Crippen molar-refractivity contribution in [3.8, 4) is 0 Å². The Hall–Kier alpha value is -1.46. The monoisotopic (exact) mass is 288 g/mol. The summed E-state index contributed by atoms with van der Waals surface area (Å²) in [5, 5.41) is 8.45. The lowest BCUT2D eigenvalue weighted by molar-refractivity contribution is 0.0985. The van der Waals surface area contributed by atoms with Crippen LogP contribution in [0.2, 0.25) is 0 Å². The van der Waals surface area contributed by atoms with Crippen LogP contribution in [-0.2, 0) is 11.3 Å². The highest BCUT2D eigenvalue weighted by Crippen LogP contribution is 2.17. The minimum absolute atomic E-state index is 0.755. The van der Waals surface area contributed by atoms with Crippen molar-refractivity contribution in [2.45, 2.75) is 25.8 Å². The molecule has 1 saturated heterocycles. The molecule has 0 amide bonds. The van der Waals surface area contributed by atoms with Crippen molar-refractivity contribution in [3.05, 3.63) is 24.3 Å². The van der Waals surface area contributed by atoms with Gasteiger partial charge in [0.1, 0.15) is 5.52 Å². The first-order chi connectivity index (χ1) is 10.4. The van der Waals surface area contributed by atoms with Crippen molar-refractivity contribution < 1.29 is 4.74 Å². The highest BCUT2D eigenvalue weighted by atomic mass is 16.5. The van der Waals surface area contributed by atoms with E-state index < -0.39 is 0 Å². The van der Waals surface area contributed by atoms with E-state index in [-0.39, 0.29) is 0 Å². The molecule has 0 saturated carbocycles. The predicted molar refractivity (Wildman–Crippen MR) is 83.2 cm³/mol. The second-order valence-electron chi connectivity index (χ2n) is 5.90. The number of aryl methyl sites for hydroxylation is 1. The highest BCUT2D eigenvalue weighted by molar-refractivity contribution is 5.73. The van der Waals surface area contributed by atoms with Crippen molar-refractivity contribution in [2.24, 2.45) is 5.92 Å². The van der Waals surface area contributed by atoms with Crippen molar-refractivity contribution in [1.29, 1.82) is 0 Å². The quantitative estimate of drug-likeness (QED) is 0.817. The van der Waals surface area contributed by atoms with Gasteiger partial charge in [0.25, 0.3) is 0 Å². The second kappa shape index (κ2) is 7.00. The summed E-state index contributed by atoms with van der Waals surface area (Å²) in [6.45, 7) is 5.41. The van der Waals surface area contributed by atoms with Gasteiger partial charge in [-0.1, -0.05) is 17.3 Å². The van der Waals surface area contributed by atoms with Crippen LogP contribution in [0.4, 0.5) is 0 Å². The van der Waals surface area contributed by atoms with Crippen LogP contribution in [0.3, 0.4) is 0 Å². The van der Waals surface area contributed by atoms with Gasteiger partial charge in [0.15, 0.2) is 0 Å². The van der Waals surface area contributed by atoms with E-state index in [1.165, 1.54) is 25.9 Å². The molecule has 1 aromatic heterocycles. The Kier molecular flexibility index (Phi) is 4.83. The molecule has 0 N–H and O–H groups in total. The Labute approximate surface area is 125 Å². The van der Waals surface area contributed by atoms with Crippen LogP contribution in [0.1, 0.15) is 19.3 Å². The third-order valence-electron chi connectivity index (χ3n) is 4.37. The number of nitrogens with zero attached hydrogens (tertiary/aromatic N) is 4. The van der Waals surface area contributed by atoms with Gasteiger partial charge in [-0.05, 0) is 56.9 Å². The van der Waals surface area contributed by atoms with Gasteiger partial charge in [0.2, 0.25) is 0 Å². The number of para-hydroxylation sites is 1. The van der Waals surface area contributed by atoms with Crippen LogP contribution in [-0.4, -0.2) is 53.2 Å². The fourth-order valence-corrected chi connectivity index (χ4v) is 3.14. The molecule has 0 unspecified atom stereocenters. The second-order valence-corrected chi connectivity index (χ2v) is 5.90. The Morgan fingerprint density at radius 1 is 1.19 bits per heavy atom. The maximum absolute atomic E-state index is 5.25. The third-order valence-corrected chi connectivity index (χ3v) is 4.37. The summed E-state index contributed by atoms with van der Waals surface area (Å²) in [6, 6.07) is 8.15. The lowest BCUT2D eigenvalue weighted by Gasteiger charge is -2.31. The summed E-state index contributed by atoms with van der Waals surface area (Å²) in [7, 11) is 1.80. The molecule has 2 aromatic rings.